The molecule has 10 aromatic rings. The normalized spacial score (nSPS) is 11.8. The summed E-state index contributed by atoms with van der Waals surface area (Å²) in [6, 6.07) is 61.3. The molecule has 0 atom stereocenters. The summed E-state index contributed by atoms with van der Waals surface area (Å²) in [7, 11) is 0. The molecule has 252 valence electrons. The van der Waals surface area contributed by atoms with E-state index < -0.39 is 0 Å². The molecule has 0 radical (unpaired) electrons. The molecule has 0 saturated heterocycles. The van der Waals surface area contributed by atoms with Gasteiger partial charge < -0.3 is 4.90 Å². The van der Waals surface area contributed by atoms with Gasteiger partial charge in [-0.1, -0.05) is 133 Å². The molecule has 1 heteroatoms. The highest BCUT2D eigenvalue weighted by Gasteiger charge is 2.23. The maximum Gasteiger partial charge on any atom is 0.0618 e. The van der Waals surface area contributed by atoms with Crippen LogP contribution in [0.25, 0.3) is 76.1 Å². The third-order valence-corrected chi connectivity index (χ3v) is 11.0. The van der Waals surface area contributed by atoms with Crippen molar-refractivity contribution in [2.45, 2.75) is 27.7 Å². The monoisotopic (exact) mass is 677 g/mol. The molecule has 0 spiro atoms. The van der Waals surface area contributed by atoms with E-state index in [-0.39, 0.29) is 0 Å². The lowest BCUT2D eigenvalue weighted by Crippen LogP contribution is -2.11. The van der Waals surface area contributed by atoms with E-state index in [1.165, 1.54) is 104 Å². The Morgan fingerprint density at radius 2 is 0.868 bits per heavy atom. The fourth-order valence-electron chi connectivity index (χ4n) is 8.88. The van der Waals surface area contributed by atoms with Crippen LogP contribution in [-0.4, -0.2) is 0 Å². The average molecular weight is 678 g/mol. The molecule has 0 heterocycles. The fraction of sp³-hybridized carbons (Fsp3) is 0.0769. The Morgan fingerprint density at radius 1 is 0.340 bits per heavy atom. The van der Waals surface area contributed by atoms with E-state index in [0.29, 0.717) is 0 Å². The van der Waals surface area contributed by atoms with Crippen molar-refractivity contribution < 1.29 is 0 Å². The smallest absolute Gasteiger partial charge is 0.0618 e. The lowest BCUT2D eigenvalue weighted by atomic mass is 9.85. The second-order valence-corrected chi connectivity index (χ2v) is 14.9. The van der Waals surface area contributed by atoms with Crippen LogP contribution < -0.4 is 4.90 Å². The molecule has 0 aromatic heterocycles. The number of para-hydroxylation sites is 1. The summed E-state index contributed by atoms with van der Waals surface area (Å²) < 4.78 is 0. The minimum absolute atomic E-state index is 1.14. The molecule has 0 amide bonds. The molecule has 10 rings (SSSR count). The lowest BCUT2D eigenvalue weighted by molar-refractivity contribution is 1.30. The van der Waals surface area contributed by atoms with Gasteiger partial charge in [0.2, 0.25) is 0 Å². The van der Waals surface area contributed by atoms with Crippen molar-refractivity contribution in [3.63, 3.8) is 0 Å². The van der Waals surface area contributed by atoms with Crippen LogP contribution in [0, 0.1) is 27.7 Å². The molecule has 1 nitrogen and oxygen atoms in total. The fourth-order valence-corrected chi connectivity index (χ4v) is 8.88. The molecule has 0 bridgehead atoms. The molecule has 0 N–H and O–H groups in total. The van der Waals surface area contributed by atoms with Gasteiger partial charge in [-0.15, -0.1) is 0 Å². The molecule has 53 heavy (non-hydrogen) atoms. The number of hydrogen-bond donors (Lipinski definition) is 0. The summed E-state index contributed by atoms with van der Waals surface area (Å²) in [5, 5.41) is 12.9. The number of nitrogens with zero attached hydrogens (tertiary/aromatic N) is 1. The Balaban J connectivity index is 1.27. The van der Waals surface area contributed by atoms with Crippen LogP contribution in [-0.2, 0) is 0 Å². The average Bonchev–Trinajstić information content (AvgIpc) is 3.17. The van der Waals surface area contributed by atoms with Crippen molar-refractivity contribution in [3.8, 4) is 22.3 Å². The minimum Gasteiger partial charge on any atom is -0.309 e. The van der Waals surface area contributed by atoms with Crippen molar-refractivity contribution in [1.29, 1.82) is 0 Å². The number of hydrogen-bond acceptors (Lipinski definition) is 1. The van der Waals surface area contributed by atoms with E-state index >= 15 is 0 Å². The largest absolute Gasteiger partial charge is 0.309 e. The summed E-state index contributed by atoms with van der Waals surface area (Å²) in [6.45, 7) is 8.83. The number of rotatable bonds is 5. The molecule has 10 aromatic carbocycles. The third-order valence-electron chi connectivity index (χ3n) is 11.0. The van der Waals surface area contributed by atoms with Gasteiger partial charge in [-0.3, -0.25) is 0 Å². The molecule has 0 unspecified atom stereocenters. The van der Waals surface area contributed by atoms with Gasteiger partial charge in [-0.25, -0.2) is 0 Å². The van der Waals surface area contributed by atoms with E-state index in [1.54, 1.807) is 0 Å². The van der Waals surface area contributed by atoms with E-state index in [2.05, 4.69) is 196 Å². The van der Waals surface area contributed by atoms with Gasteiger partial charge in [0.25, 0.3) is 0 Å². The van der Waals surface area contributed by atoms with Crippen molar-refractivity contribution in [2.75, 3.05) is 4.90 Å². The molecule has 0 fully saturated rings. The zero-order valence-corrected chi connectivity index (χ0v) is 30.5. The predicted molar refractivity (Wildman–Crippen MR) is 230 cm³/mol. The Labute approximate surface area is 310 Å². The molecule has 0 saturated carbocycles. The molecule has 0 aliphatic heterocycles. The number of anilines is 3. The van der Waals surface area contributed by atoms with Crippen molar-refractivity contribution in [1.82, 2.24) is 0 Å². The molecule has 0 aliphatic carbocycles. The first kappa shape index (κ1) is 31.3. The first-order chi connectivity index (χ1) is 25.9. The maximum absolute atomic E-state index is 2.44. The second-order valence-electron chi connectivity index (χ2n) is 14.9. The van der Waals surface area contributed by atoms with Crippen LogP contribution >= 0.6 is 0 Å². The maximum atomic E-state index is 2.44. The highest BCUT2D eigenvalue weighted by molar-refractivity contribution is 6.27. The second kappa shape index (κ2) is 12.1. The quantitative estimate of drug-likeness (QED) is 0.129. The summed E-state index contributed by atoms with van der Waals surface area (Å²) in [6.07, 6.45) is 0. The van der Waals surface area contributed by atoms with Gasteiger partial charge in [0, 0.05) is 22.1 Å². The van der Waals surface area contributed by atoms with Crippen molar-refractivity contribution in [3.05, 3.63) is 186 Å². The third kappa shape index (κ3) is 5.07. The van der Waals surface area contributed by atoms with Gasteiger partial charge in [0.1, 0.15) is 0 Å². The SMILES string of the molecule is Cc1ccc(N(c2ccccc2)c2c3ccccc3c(-c3cc(C)cc(-c4cc5cc(C)cc6ccc7cc(C)cc4c7c65)c3)c3ccccc23)cc1. The summed E-state index contributed by atoms with van der Waals surface area (Å²) >= 11 is 0. The number of benzene rings is 10. The Hall–Kier alpha value is -6.44. The van der Waals surface area contributed by atoms with Crippen LogP contribution in [0.4, 0.5) is 17.1 Å². The Bertz CT molecular complexity index is 2970. The highest BCUT2D eigenvalue weighted by Crippen LogP contribution is 2.49. The minimum atomic E-state index is 1.14. The van der Waals surface area contributed by atoms with E-state index in [9.17, 15) is 0 Å². The van der Waals surface area contributed by atoms with E-state index in [0.717, 1.165) is 11.4 Å². The zero-order valence-electron chi connectivity index (χ0n) is 30.5. The first-order valence-electron chi connectivity index (χ1n) is 18.6. The number of fused-ring (bicyclic) bond motifs is 2. The van der Waals surface area contributed by atoms with E-state index in [4.69, 9.17) is 0 Å². The molecular weight excluding hydrogens is 639 g/mol. The van der Waals surface area contributed by atoms with Crippen LogP contribution in [0.1, 0.15) is 22.3 Å². The Kier molecular flexibility index (Phi) is 7.13. The first-order valence-corrected chi connectivity index (χ1v) is 18.6. The van der Waals surface area contributed by atoms with Crippen molar-refractivity contribution >= 4 is 70.9 Å². The van der Waals surface area contributed by atoms with Crippen molar-refractivity contribution in [2.24, 2.45) is 0 Å². The lowest BCUT2D eigenvalue weighted by Gasteiger charge is -2.29. The summed E-state index contributed by atoms with van der Waals surface area (Å²) in [5.41, 5.74) is 13.6. The molecule has 0 aliphatic rings. The summed E-state index contributed by atoms with van der Waals surface area (Å²) in [5.74, 6) is 0. The van der Waals surface area contributed by atoms with Crippen LogP contribution in [0.2, 0.25) is 0 Å². The predicted octanol–water partition coefficient (Wildman–Crippen LogP) is 14.9. The van der Waals surface area contributed by atoms with Crippen LogP contribution in [0.3, 0.4) is 0 Å². The Morgan fingerprint density at radius 3 is 1.55 bits per heavy atom. The topological polar surface area (TPSA) is 3.24 Å². The van der Waals surface area contributed by atoms with E-state index in [1.807, 2.05) is 0 Å². The van der Waals surface area contributed by atoms with Gasteiger partial charge in [-0.05, 0) is 146 Å². The molecular formula is C52H39N. The number of aryl methyl sites for hydroxylation is 4. The van der Waals surface area contributed by atoms with Crippen LogP contribution in [0.5, 0.6) is 0 Å². The van der Waals surface area contributed by atoms with Gasteiger partial charge in [0.15, 0.2) is 0 Å². The van der Waals surface area contributed by atoms with Gasteiger partial charge in [-0.2, -0.15) is 0 Å². The van der Waals surface area contributed by atoms with Gasteiger partial charge >= 0.3 is 0 Å². The zero-order chi connectivity index (χ0) is 35.8. The highest BCUT2D eigenvalue weighted by atomic mass is 15.1. The van der Waals surface area contributed by atoms with Crippen LogP contribution in [0.15, 0.2) is 164 Å². The standard InChI is InChI=1S/C52H39N/c1-32-18-22-42(23-19-32)53(41-12-6-5-7-13-41)52-45-16-10-8-14-43(45)50(44-15-9-11-17-46(44)52)39-27-34(3)26-38(30-39)47-31-40-28-33(2)24-36-20-21-37-25-35(4)29-48(47)51(37)49(36)40/h5-31H,1-4H3. The van der Waals surface area contributed by atoms with Gasteiger partial charge in [0.05, 0.1) is 5.69 Å². The summed E-state index contributed by atoms with van der Waals surface area (Å²) in [4.78, 5) is 2.44.